The third-order valence-electron chi connectivity index (χ3n) is 4.99. The fraction of sp³-hybridized carbons (Fsp3) is 0.200. The number of ether oxygens (including phenoxy) is 3. The zero-order chi connectivity index (χ0) is 25.4. The lowest BCUT2D eigenvalue weighted by Gasteiger charge is -2.10. The summed E-state index contributed by atoms with van der Waals surface area (Å²) in [6.07, 6.45) is 1.52. The van der Waals surface area contributed by atoms with Gasteiger partial charge in [-0.1, -0.05) is 24.3 Å². The topological polar surface area (TPSA) is 120 Å². The second kappa shape index (κ2) is 11.7. The van der Waals surface area contributed by atoms with Crippen molar-refractivity contribution in [1.82, 2.24) is 9.88 Å². The maximum absolute atomic E-state index is 13.1. The number of amides is 1. The van der Waals surface area contributed by atoms with Crippen LogP contribution in [0.5, 0.6) is 11.5 Å². The van der Waals surface area contributed by atoms with Crippen LogP contribution < -0.4 is 29.5 Å². The van der Waals surface area contributed by atoms with E-state index < -0.39 is 17.4 Å². The van der Waals surface area contributed by atoms with Crippen molar-refractivity contribution >= 4 is 34.9 Å². The molecule has 1 N–H and O–H groups in total. The van der Waals surface area contributed by atoms with Crippen molar-refractivity contribution in [2.24, 2.45) is 0 Å². The Balaban J connectivity index is 1.97. The van der Waals surface area contributed by atoms with Gasteiger partial charge in [0, 0.05) is 12.6 Å². The number of nitriles is 1. The molecule has 0 saturated carbocycles. The smallest absolute Gasteiger partial charge is 0.332 e. The van der Waals surface area contributed by atoms with Gasteiger partial charge in [-0.2, -0.15) is 5.26 Å². The highest BCUT2D eigenvalue weighted by Gasteiger charge is 2.17. The van der Waals surface area contributed by atoms with Gasteiger partial charge in [-0.25, -0.2) is 4.79 Å². The number of para-hydroxylation sites is 1. The second-order valence-corrected chi connectivity index (χ2v) is 8.13. The molecule has 3 rings (SSSR count). The van der Waals surface area contributed by atoms with Gasteiger partial charge in [-0.3, -0.25) is 14.2 Å². The number of aromatic nitrogens is 1. The van der Waals surface area contributed by atoms with E-state index in [-0.39, 0.29) is 21.3 Å². The van der Waals surface area contributed by atoms with Crippen LogP contribution in [0.3, 0.4) is 0 Å². The first-order valence-electron chi connectivity index (χ1n) is 10.4. The molecular weight excluding hydrogens is 470 g/mol. The third kappa shape index (κ3) is 5.77. The van der Waals surface area contributed by atoms with Crippen LogP contribution in [0.2, 0.25) is 0 Å². The summed E-state index contributed by atoms with van der Waals surface area (Å²) in [5, 5.41) is 12.5. The van der Waals surface area contributed by atoms with Crippen molar-refractivity contribution in [2.45, 2.75) is 6.42 Å². The zero-order valence-corrected chi connectivity index (χ0v) is 20.2. The quantitative estimate of drug-likeness (QED) is 0.463. The Bertz CT molecular complexity index is 1450. The number of methoxy groups -OCH3 is 3. The minimum absolute atomic E-state index is 0.0431. The minimum atomic E-state index is -0.715. The maximum Gasteiger partial charge on any atom is 0.332 e. The Morgan fingerprint density at radius 2 is 1.80 bits per heavy atom. The van der Waals surface area contributed by atoms with Gasteiger partial charge in [0.25, 0.3) is 11.5 Å². The number of esters is 1. The number of hydrogen-bond donors (Lipinski definition) is 1. The van der Waals surface area contributed by atoms with Crippen molar-refractivity contribution in [3.8, 4) is 23.3 Å². The summed E-state index contributed by atoms with van der Waals surface area (Å²) in [7, 11) is 4.28. The first-order valence-corrected chi connectivity index (χ1v) is 11.3. The van der Waals surface area contributed by atoms with Crippen LogP contribution in [0.4, 0.5) is 0 Å². The molecule has 0 spiro atoms. The molecule has 9 nitrogen and oxygen atoms in total. The number of hydrogen-bond acceptors (Lipinski definition) is 8. The molecular formula is C25H23N3O6S. The van der Waals surface area contributed by atoms with Crippen molar-refractivity contribution in [1.29, 1.82) is 5.26 Å². The molecule has 180 valence electrons. The van der Waals surface area contributed by atoms with E-state index in [0.717, 1.165) is 23.0 Å². The Hall–Kier alpha value is -4.36. The molecule has 0 saturated heterocycles. The van der Waals surface area contributed by atoms with Gasteiger partial charge in [-0.05, 0) is 36.2 Å². The van der Waals surface area contributed by atoms with Crippen LogP contribution in [0.25, 0.3) is 17.3 Å². The number of carbonyl (C=O) groups is 2. The fourth-order valence-corrected chi connectivity index (χ4v) is 4.33. The lowest BCUT2D eigenvalue weighted by Crippen LogP contribution is -2.34. The van der Waals surface area contributed by atoms with Crippen molar-refractivity contribution < 1.29 is 23.8 Å². The highest BCUT2D eigenvalue weighted by Crippen LogP contribution is 2.27. The molecule has 0 unspecified atom stereocenters. The monoisotopic (exact) mass is 493 g/mol. The first-order chi connectivity index (χ1) is 16.9. The van der Waals surface area contributed by atoms with E-state index in [1.54, 1.807) is 49.6 Å². The average Bonchev–Trinajstić information content (AvgIpc) is 3.19. The number of nitrogens with one attached hydrogen (secondary N) is 1. The summed E-state index contributed by atoms with van der Waals surface area (Å²) < 4.78 is 16.5. The minimum Gasteiger partial charge on any atom is -0.493 e. The summed E-state index contributed by atoms with van der Waals surface area (Å²) in [6.45, 7) is 0.238. The summed E-state index contributed by atoms with van der Waals surface area (Å²) in [4.78, 5) is 37.7. The molecule has 0 bridgehead atoms. The molecule has 35 heavy (non-hydrogen) atoms. The summed E-state index contributed by atoms with van der Waals surface area (Å²) in [5.74, 6) is -0.187. The highest BCUT2D eigenvalue weighted by atomic mass is 32.1. The molecule has 1 aromatic heterocycles. The van der Waals surface area contributed by atoms with Crippen LogP contribution in [0.15, 0.2) is 53.3 Å². The van der Waals surface area contributed by atoms with Gasteiger partial charge in [0.05, 0.1) is 27.0 Å². The van der Waals surface area contributed by atoms with Crippen LogP contribution in [-0.4, -0.2) is 44.3 Å². The average molecular weight is 494 g/mol. The molecule has 0 fully saturated rings. The summed E-state index contributed by atoms with van der Waals surface area (Å²) in [6, 6.07) is 15.9. The Morgan fingerprint density at radius 1 is 1.09 bits per heavy atom. The van der Waals surface area contributed by atoms with E-state index in [0.29, 0.717) is 23.6 Å². The summed E-state index contributed by atoms with van der Waals surface area (Å²) in [5.41, 5.74) is 0.577. The molecule has 0 atom stereocenters. The van der Waals surface area contributed by atoms with Crippen LogP contribution in [-0.2, 0) is 20.7 Å². The van der Waals surface area contributed by atoms with Gasteiger partial charge < -0.3 is 19.5 Å². The van der Waals surface area contributed by atoms with Gasteiger partial charge >= 0.3 is 5.97 Å². The van der Waals surface area contributed by atoms with Crippen LogP contribution in [0, 0.1) is 11.3 Å². The molecule has 0 aliphatic rings. The van der Waals surface area contributed by atoms with E-state index in [4.69, 9.17) is 9.47 Å². The Labute approximate surface area is 205 Å². The van der Waals surface area contributed by atoms with Gasteiger partial charge in [0.2, 0.25) is 0 Å². The molecule has 0 aliphatic heterocycles. The van der Waals surface area contributed by atoms with E-state index in [1.807, 2.05) is 12.1 Å². The number of thiazole rings is 1. The maximum atomic E-state index is 13.1. The SMILES string of the molecule is COC(=O)/C=c1/s/c(=C(/C#N)C(=O)NCCc2ccc(OC)c(OC)c2)n(-c2ccccc2)c1=O. The lowest BCUT2D eigenvalue weighted by atomic mass is 10.1. The summed E-state index contributed by atoms with van der Waals surface area (Å²) >= 11 is 0.868. The predicted molar refractivity (Wildman–Crippen MR) is 131 cm³/mol. The highest BCUT2D eigenvalue weighted by molar-refractivity contribution is 7.07. The first kappa shape index (κ1) is 25.3. The van der Waals surface area contributed by atoms with E-state index >= 15 is 0 Å². The largest absolute Gasteiger partial charge is 0.493 e. The Kier molecular flexibility index (Phi) is 8.43. The normalized spacial score (nSPS) is 11.9. The van der Waals surface area contributed by atoms with E-state index in [1.165, 1.54) is 18.8 Å². The van der Waals surface area contributed by atoms with E-state index in [2.05, 4.69) is 10.1 Å². The number of rotatable bonds is 8. The predicted octanol–water partition coefficient (Wildman–Crippen LogP) is 0.903. The van der Waals surface area contributed by atoms with Gasteiger partial charge in [-0.15, -0.1) is 11.3 Å². The lowest BCUT2D eigenvalue weighted by molar-refractivity contribution is -0.133. The van der Waals surface area contributed by atoms with Crippen LogP contribution in [0.1, 0.15) is 5.56 Å². The molecule has 2 aromatic carbocycles. The number of benzene rings is 2. The van der Waals surface area contributed by atoms with Crippen molar-refractivity contribution in [3.63, 3.8) is 0 Å². The fourth-order valence-electron chi connectivity index (χ4n) is 3.27. The van der Waals surface area contributed by atoms with Gasteiger partial charge in [0.15, 0.2) is 17.1 Å². The van der Waals surface area contributed by atoms with Gasteiger partial charge in [0.1, 0.15) is 15.3 Å². The molecule has 3 aromatic rings. The molecule has 0 aliphatic carbocycles. The standard InChI is InChI=1S/C25H23N3O6S/c1-32-19-10-9-16(13-20(19)33-2)11-12-27-23(30)18(15-26)25-28(17-7-5-4-6-8-17)24(31)21(35-25)14-22(29)34-3/h4-10,13-14H,11-12H2,1-3H3,(H,27,30)/b21-14+,25-18-. The zero-order valence-electron chi connectivity index (χ0n) is 19.4. The van der Waals surface area contributed by atoms with Crippen molar-refractivity contribution in [2.75, 3.05) is 27.9 Å². The van der Waals surface area contributed by atoms with Crippen LogP contribution >= 0.6 is 11.3 Å². The number of carbonyl (C=O) groups excluding carboxylic acids is 2. The number of nitrogens with zero attached hydrogens (tertiary/aromatic N) is 2. The molecule has 1 amide bonds. The van der Waals surface area contributed by atoms with Crippen molar-refractivity contribution in [3.05, 3.63) is 73.6 Å². The Morgan fingerprint density at radius 3 is 2.43 bits per heavy atom. The third-order valence-corrected chi connectivity index (χ3v) is 6.08. The molecule has 1 heterocycles. The second-order valence-electron chi connectivity index (χ2n) is 7.10. The molecule has 10 heteroatoms. The molecule has 0 radical (unpaired) electrons. The van der Waals surface area contributed by atoms with E-state index in [9.17, 15) is 19.6 Å².